The standard InChI is InChI=1S/C13H27N3O/c1-9(2)11-10(6-7-17-11)8-15-12(14)16-13(3,4)5/h9-11H,6-8H2,1-5H3,(H3,14,15,16). The third-order valence-corrected chi connectivity index (χ3v) is 2.92. The summed E-state index contributed by atoms with van der Waals surface area (Å²) in [6, 6.07) is 0. The van der Waals surface area contributed by atoms with Crippen LogP contribution in [0, 0.1) is 11.8 Å². The lowest BCUT2D eigenvalue weighted by Crippen LogP contribution is -2.45. The number of rotatable bonds is 3. The van der Waals surface area contributed by atoms with Crippen LogP contribution in [0.3, 0.4) is 0 Å². The van der Waals surface area contributed by atoms with Crippen molar-refractivity contribution < 1.29 is 4.74 Å². The predicted octanol–water partition coefficient (Wildman–Crippen LogP) is 1.75. The largest absolute Gasteiger partial charge is 0.378 e. The zero-order valence-electron chi connectivity index (χ0n) is 11.8. The quantitative estimate of drug-likeness (QED) is 0.584. The summed E-state index contributed by atoms with van der Waals surface area (Å²) in [5, 5.41) is 3.17. The second-order valence-electron chi connectivity index (χ2n) is 6.23. The fourth-order valence-electron chi connectivity index (χ4n) is 2.23. The zero-order valence-corrected chi connectivity index (χ0v) is 11.8. The monoisotopic (exact) mass is 241 g/mol. The molecule has 0 aromatic rings. The van der Waals surface area contributed by atoms with Gasteiger partial charge in [-0.25, -0.2) is 0 Å². The summed E-state index contributed by atoms with van der Waals surface area (Å²) in [5.41, 5.74) is 5.83. The topological polar surface area (TPSA) is 59.6 Å². The Kier molecular flexibility index (Phi) is 4.80. The molecule has 0 aromatic carbocycles. The average Bonchev–Trinajstić information content (AvgIpc) is 2.59. The summed E-state index contributed by atoms with van der Waals surface area (Å²) in [6.45, 7) is 12.2. The van der Waals surface area contributed by atoms with Gasteiger partial charge < -0.3 is 15.8 Å². The van der Waals surface area contributed by atoms with Crippen molar-refractivity contribution >= 4 is 5.96 Å². The number of nitrogens with one attached hydrogen (secondary N) is 1. The Morgan fingerprint density at radius 1 is 1.47 bits per heavy atom. The second kappa shape index (κ2) is 5.71. The van der Waals surface area contributed by atoms with Crippen molar-refractivity contribution in [3.63, 3.8) is 0 Å². The first-order valence-electron chi connectivity index (χ1n) is 6.49. The van der Waals surface area contributed by atoms with Gasteiger partial charge in [0.15, 0.2) is 5.96 Å². The Bertz CT molecular complexity index is 268. The van der Waals surface area contributed by atoms with E-state index in [0.29, 0.717) is 23.9 Å². The molecule has 0 spiro atoms. The van der Waals surface area contributed by atoms with Gasteiger partial charge in [0.2, 0.25) is 0 Å². The molecule has 100 valence electrons. The molecule has 0 bridgehead atoms. The van der Waals surface area contributed by atoms with E-state index >= 15 is 0 Å². The van der Waals surface area contributed by atoms with E-state index in [0.717, 1.165) is 19.6 Å². The van der Waals surface area contributed by atoms with Crippen LogP contribution in [0.5, 0.6) is 0 Å². The minimum absolute atomic E-state index is 0.0305. The van der Waals surface area contributed by atoms with Gasteiger partial charge in [0.25, 0.3) is 0 Å². The molecule has 0 radical (unpaired) electrons. The van der Waals surface area contributed by atoms with Crippen molar-refractivity contribution in [3.05, 3.63) is 0 Å². The molecule has 1 fully saturated rings. The Labute approximate surface area is 105 Å². The minimum Gasteiger partial charge on any atom is -0.378 e. The highest BCUT2D eigenvalue weighted by Crippen LogP contribution is 2.26. The lowest BCUT2D eigenvalue weighted by Gasteiger charge is -2.23. The van der Waals surface area contributed by atoms with Crippen molar-refractivity contribution in [2.24, 2.45) is 22.6 Å². The number of guanidine groups is 1. The number of ether oxygens (including phenoxy) is 1. The zero-order chi connectivity index (χ0) is 13.1. The third kappa shape index (κ3) is 4.94. The molecule has 17 heavy (non-hydrogen) atoms. The van der Waals surface area contributed by atoms with Gasteiger partial charge >= 0.3 is 0 Å². The number of hydrogen-bond donors (Lipinski definition) is 2. The van der Waals surface area contributed by atoms with E-state index in [4.69, 9.17) is 10.5 Å². The first kappa shape index (κ1) is 14.3. The second-order valence-corrected chi connectivity index (χ2v) is 6.23. The van der Waals surface area contributed by atoms with Crippen LogP contribution in [0.15, 0.2) is 4.99 Å². The first-order valence-corrected chi connectivity index (χ1v) is 6.49. The van der Waals surface area contributed by atoms with E-state index in [-0.39, 0.29) is 5.54 Å². The van der Waals surface area contributed by atoms with Gasteiger partial charge in [-0.15, -0.1) is 0 Å². The summed E-state index contributed by atoms with van der Waals surface area (Å²) in [5.74, 6) is 1.59. The molecule has 4 heteroatoms. The molecule has 0 aliphatic carbocycles. The van der Waals surface area contributed by atoms with Crippen molar-refractivity contribution in [2.45, 2.75) is 52.7 Å². The lowest BCUT2D eigenvalue weighted by molar-refractivity contribution is 0.0559. The summed E-state index contributed by atoms with van der Waals surface area (Å²) < 4.78 is 5.73. The molecule has 3 N–H and O–H groups in total. The molecule has 1 aliphatic heterocycles. The van der Waals surface area contributed by atoms with E-state index in [2.05, 4.69) is 44.9 Å². The van der Waals surface area contributed by atoms with Crippen LogP contribution in [-0.2, 0) is 4.74 Å². The van der Waals surface area contributed by atoms with Gasteiger partial charge in [0, 0.05) is 24.6 Å². The minimum atomic E-state index is -0.0305. The third-order valence-electron chi connectivity index (χ3n) is 2.92. The highest BCUT2D eigenvalue weighted by molar-refractivity contribution is 5.78. The van der Waals surface area contributed by atoms with Crippen LogP contribution >= 0.6 is 0 Å². The van der Waals surface area contributed by atoms with Gasteiger partial charge in [-0.3, -0.25) is 4.99 Å². The lowest BCUT2D eigenvalue weighted by atomic mass is 9.93. The Morgan fingerprint density at radius 2 is 2.12 bits per heavy atom. The normalized spacial score (nSPS) is 26.6. The van der Waals surface area contributed by atoms with Crippen LogP contribution in [0.4, 0.5) is 0 Å². The molecule has 1 heterocycles. The molecule has 0 amide bonds. The van der Waals surface area contributed by atoms with Crippen molar-refractivity contribution in [1.29, 1.82) is 0 Å². The number of aliphatic imine (C=N–C) groups is 1. The fourth-order valence-corrected chi connectivity index (χ4v) is 2.23. The van der Waals surface area contributed by atoms with Gasteiger partial charge in [0.05, 0.1) is 6.10 Å². The van der Waals surface area contributed by atoms with E-state index in [1.807, 2.05) is 0 Å². The smallest absolute Gasteiger partial charge is 0.188 e. The molecular formula is C13H27N3O. The van der Waals surface area contributed by atoms with E-state index in [9.17, 15) is 0 Å². The average molecular weight is 241 g/mol. The summed E-state index contributed by atoms with van der Waals surface area (Å²) in [7, 11) is 0. The van der Waals surface area contributed by atoms with E-state index in [1.54, 1.807) is 0 Å². The highest BCUT2D eigenvalue weighted by atomic mass is 16.5. The molecule has 1 rings (SSSR count). The predicted molar refractivity (Wildman–Crippen MR) is 72.1 cm³/mol. The van der Waals surface area contributed by atoms with E-state index < -0.39 is 0 Å². The fraction of sp³-hybridized carbons (Fsp3) is 0.923. The molecule has 0 saturated carbocycles. The van der Waals surface area contributed by atoms with Gasteiger partial charge in [-0.1, -0.05) is 13.8 Å². The highest BCUT2D eigenvalue weighted by Gasteiger charge is 2.30. The van der Waals surface area contributed by atoms with Crippen molar-refractivity contribution in [3.8, 4) is 0 Å². The van der Waals surface area contributed by atoms with Crippen LogP contribution in [0.25, 0.3) is 0 Å². The van der Waals surface area contributed by atoms with Gasteiger partial charge in [-0.2, -0.15) is 0 Å². The van der Waals surface area contributed by atoms with Crippen molar-refractivity contribution in [2.75, 3.05) is 13.2 Å². The Morgan fingerprint density at radius 3 is 2.65 bits per heavy atom. The maximum absolute atomic E-state index is 5.86. The summed E-state index contributed by atoms with van der Waals surface area (Å²) >= 11 is 0. The maximum atomic E-state index is 5.86. The Hall–Kier alpha value is -0.770. The molecule has 2 atom stereocenters. The van der Waals surface area contributed by atoms with Crippen molar-refractivity contribution in [1.82, 2.24) is 5.32 Å². The molecule has 2 unspecified atom stereocenters. The van der Waals surface area contributed by atoms with Gasteiger partial charge in [-0.05, 0) is 33.1 Å². The van der Waals surface area contributed by atoms with Crippen LogP contribution in [0.2, 0.25) is 0 Å². The van der Waals surface area contributed by atoms with Crippen LogP contribution in [0.1, 0.15) is 41.0 Å². The van der Waals surface area contributed by atoms with Crippen LogP contribution in [-0.4, -0.2) is 30.8 Å². The SMILES string of the molecule is CC(C)C1OCCC1CN=C(N)NC(C)(C)C. The molecule has 1 aliphatic rings. The van der Waals surface area contributed by atoms with Gasteiger partial charge in [0.1, 0.15) is 0 Å². The number of nitrogens with two attached hydrogens (primary N) is 1. The van der Waals surface area contributed by atoms with E-state index in [1.165, 1.54) is 0 Å². The maximum Gasteiger partial charge on any atom is 0.188 e. The molecule has 0 aromatic heterocycles. The summed E-state index contributed by atoms with van der Waals surface area (Å²) in [6.07, 6.45) is 1.43. The summed E-state index contributed by atoms with van der Waals surface area (Å²) in [4.78, 5) is 4.43. The van der Waals surface area contributed by atoms with Crippen LogP contribution < -0.4 is 11.1 Å². The Balaban J connectivity index is 2.46. The number of hydrogen-bond acceptors (Lipinski definition) is 2. The molecular weight excluding hydrogens is 214 g/mol. The molecule has 1 saturated heterocycles. The molecule has 4 nitrogen and oxygen atoms in total. The number of nitrogens with zero attached hydrogens (tertiary/aromatic N) is 1. The first-order chi connectivity index (χ1) is 7.79.